The highest BCUT2D eigenvalue weighted by molar-refractivity contribution is 5.35. The average molecular weight is 360 g/mol. The molecule has 0 spiro atoms. The van der Waals surface area contributed by atoms with Crippen LogP contribution in [0.3, 0.4) is 0 Å². The molecule has 0 aliphatic heterocycles. The van der Waals surface area contributed by atoms with Crippen molar-refractivity contribution in [3.8, 4) is 0 Å². The first-order valence-electron chi connectivity index (χ1n) is 11.0. The molecule has 0 aromatic heterocycles. The maximum absolute atomic E-state index is 9.53. The summed E-state index contributed by atoms with van der Waals surface area (Å²) in [4.78, 5) is 0. The summed E-state index contributed by atoms with van der Waals surface area (Å²) in [6.45, 7) is 7.07. The van der Waals surface area contributed by atoms with Gasteiger partial charge in [-0.1, -0.05) is 77.5 Å². The molecule has 148 valence electrons. The van der Waals surface area contributed by atoms with Crippen molar-refractivity contribution in [2.24, 2.45) is 11.7 Å². The highest BCUT2D eigenvalue weighted by atomic mass is 16.3. The van der Waals surface area contributed by atoms with Crippen LogP contribution in [0.4, 0.5) is 0 Å². The monoisotopic (exact) mass is 359 g/mol. The Balaban J connectivity index is 1.92. The molecule has 0 heterocycles. The lowest BCUT2D eigenvalue weighted by Gasteiger charge is -2.21. The number of aliphatic hydroxyl groups is 1. The molecule has 1 aromatic carbocycles. The van der Waals surface area contributed by atoms with Crippen LogP contribution in [0.15, 0.2) is 18.2 Å². The first-order valence-corrected chi connectivity index (χ1v) is 11.0. The summed E-state index contributed by atoms with van der Waals surface area (Å²) >= 11 is 0. The van der Waals surface area contributed by atoms with Crippen LogP contribution in [0.2, 0.25) is 0 Å². The van der Waals surface area contributed by atoms with Crippen LogP contribution in [-0.4, -0.2) is 17.3 Å². The topological polar surface area (TPSA) is 46.2 Å². The highest BCUT2D eigenvalue weighted by Gasteiger charge is 2.35. The van der Waals surface area contributed by atoms with Crippen LogP contribution in [0.1, 0.15) is 101 Å². The van der Waals surface area contributed by atoms with Crippen molar-refractivity contribution < 1.29 is 5.11 Å². The Morgan fingerprint density at radius 3 is 2.58 bits per heavy atom. The highest BCUT2D eigenvalue weighted by Crippen LogP contribution is 2.40. The average Bonchev–Trinajstić information content (AvgIpc) is 3.05. The molecule has 0 bridgehead atoms. The van der Waals surface area contributed by atoms with E-state index in [2.05, 4.69) is 39.0 Å². The Labute approximate surface area is 161 Å². The first-order chi connectivity index (χ1) is 12.5. The minimum absolute atomic E-state index is 0.109. The van der Waals surface area contributed by atoms with E-state index in [1.54, 1.807) is 0 Å². The van der Waals surface area contributed by atoms with Gasteiger partial charge in [-0.15, -0.1) is 0 Å². The van der Waals surface area contributed by atoms with Gasteiger partial charge >= 0.3 is 0 Å². The molecule has 1 fully saturated rings. The fourth-order valence-corrected chi connectivity index (χ4v) is 4.59. The van der Waals surface area contributed by atoms with Crippen LogP contribution < -0.4 is 5.73 Å². The van der Waals surface area contributed by atoms with Gasteiger partial charge in [-0.2, -0.15) is 0 Å². The van der Waals surface area contributed by atoms with Crippen molar-refractivity contribution in [1.29, 1.82) is 0 Å². The molecule has 1 aliphatic rings. The lowest BCUT2D eigenvalue weighted by atomic mass is 9.87. The fraction of sp³-hybridized carbons (Fsp3) is 0.750. The largest absolute Gasteiger partial charge is 0.394 e. The molecule has 3 N–H and O–H groups in total. The van der Waals surface area contributed by atoms with Crippen LogP contribution >= 0.6 is 0 Å². The Morgan fingerprint density at radius 1 is 1.15 bits per heavy atom. The summed E-state index contributed by atoms with van der Waals surface area (Å²) in [5.74, 6) is 1.29. The fourth-order valence-electron chi connectivity index (χ4n) is 4.59. The molecular weight excluding hydrogens is 318 g/mol. The number of aryl methyl sites for hydroxylation is 1. The van der Waals surface area contributed by atoms with E-state index in [4.69, 9.17) is 5.73 Å². The summed E-state index contributed by atoms with van der Waals surface area (Å²) < 4.78 is 0. The number of hydrogen-bond donors (Lipinski definition) is 2. The molecule has 1 unspecified atom stereocenters. The second-order valence-corrected chi connectivity index (χ2v) is 8.85. The van der Waals surface area contributed by atoms with Crippen molar-refractivity contribution in [1.82, 2.24) is 0 Å². The van der Waals surface area contributed by atoms with Gasteiger partial charge in [0.1, 0.15) is 0 Å². The minimum Gasteiger partial charge on any atom is -0.394 e. The van der Waals surface area contributed by atoms with Crippen molar-refractivity contribution in [3.05, 3.63) is 34.9 Å². The maximum Gasteiger partial charge on any atom is 0.0611 e. The number of nitrogens with two attached hydrogens (primary N) is 1. The zero-order valence-corrected chi connectivity index (χ0v) is 17.4. The number of aliphatic hydroxyl groups excluding tert-OH is 1. The van der Waals surface area contributed by atoms with Crippen LogP contribution in [0, 0.1) is 5.92 Å². The van der Waals surface area contributed by atoms with E-state index in [0.717, 1.165) is 31.6 Å². The molecule has 1 aliphatic carbocycles. The van der Waals surface area contributed by atoms with Gasteiger partial charge in [0.25, 0.3) is 0 Å². The second kappa shape index (κ2) is 10.5. The summed E-state index contributed by atoms with van der Waals surface area (Å²) in [6, 6.07) is 7.13. The molecule has 0 saturated heterocycles. The molecule has 26 heavy (non-hydrogen) atoms. The zero-order chi connectivity index (χ0) is 19.0. The summed E-state index contributed by atoms with van der Waals surface area (Å²) in [5.41, 5.74) is 10.4. The third-order valence-corrected chi connectivity index (χ3v) is 6.41. The van der Waals surface area contributed by atoms with E-state index >= 15 is 0 Å². The lowest BCUT2D eigenvalue weighted by molar-refractivity contribution is 0.198. The normalized spacial score (nSPS) is 24.1. The van der Waals surface area contributed by atoms with Gasteiger partial charge in [0.2, 0.25) is 0 Å². The first kappa shape index (κ1) is 21.4. The predicted octanol–water partition coefficient (Wildman–Crippen LogP) is 5.75. The molecule has 3 atom stereocenters. The number of hydrogen-bond acceptors (Lipinski definition) is 2. The Morgan fingerprint density at radius 2 is 1.92 bits per heavy atom. The smallest absolute Gasteiger partial charge is 0.0611 e. The summed E-state index contributed by atoms with van der Waals surface area (Å²) in [6.07, 6.45) is 13.5. The van der Waals surface area contributed by atoms with Crippen LogP contribution in [-0.2, 0) is 12.8 Å². The number of benzene rings is 1. The molecular formula is C24H41NO. The molecule has 2 nitrogen and oxygen atoms in total. The van der Waals surface area contributed by atoms with Gasteiger partial charge < -0.3 is 10.8 Å². The molecule has 2 rings (SSSR count). The van der Waals surface area contributed by atoms with Gasteiger partial charge in [-0.3, -0.25) is 0 Å². The Bertz CT molecular complexity index is 541. The standard InChI is InChI=1S/C24H41NO/c1-4-6-7-8-9-10-19(3)15-21-11-12-22(16-20(21)5-2)23-13-14-24(25,17-23)18-26/h11-12,16,19,23,26H,4-10,13-15,17-18,25H2,1-3H3/t19?,23-,24+/m0/s1. The summed E-state index contributed by atoms with van der Waals surface area (Å²) in [5, 5.41) is 9.53. The maximum atomic E-state index is 9.53. The van der Waals surface area contributed by atoms with Gasteiger partial charge in [0.15, 0.2) is 0 Å². The molecule has 0 radical (unpaired) electrons. The van der Waals surface area contributed by atoms with Crippen molar-refractivity contribution in [3.63, 3.8) is 0 Å². The Hall–Kier alpha value is -0.860. The molecule has 0 amide bonds. The van der Waals surface area contributed by atoms with E-state index < -0.39 is 0 Å². The second-order valence-electron chi connectivity index (χ2n) is 8.85. The number of rotatable bonds is 11. The van der Waals surface area contributed by atoms with E-state index in [-0.39, 0.29) is 12.1 Å². The SMILES string of the molecule is CCCCCCCC(C)Cc1ccc([C@H]2CC[C@](N)(CO)C2)cc1CC. The van der Waals surface area contributed by atoms with E-state index in [9.17, 15) is 5.11 Å². The third kappa shape index (κ3) is 6.09. The van der Waals surface area contributed by atoms with Gasteiger partial charge in [0.05, 0.1) is 6.61 Å². The van der Waals surface area contributed by atoms with Crippen molar-refractivity contribution >= 4 is 0 Å². The van der Waals surface area contributed by atoms with Crippen LogP contribution in [0.5, 0.6) is 0 Å². The van der Waals surface area contributed by atoms with E-state index in [1.807, 2.05) is 0 Å². The predicted molar refractivity (Wildman–Crippen MR) is 113 cm³/mol. The number of unbranched alkanes of at least 4 members (excludes halogenated alkanes) is 4. The molecule has 2 heteroatoms. The van der Waals surface area contributed by atoms with Crippen molar-refractivity contribution in [2.75, 3.05) is 6.61 Å². The zero-order valence-electron chi connectivity index (χ0n) is 17.4. The quantitative estimate of drug-likeness (QED) is 0.494. The van der Waals surface area contributed by atoms with E-state index in [1.165, 1.54) is 61.6 Å². The van der Waals surface area contributed by atoms with Gasteiger partial charge in [0, 0.05) is 5.54 Å². The van der Waals surface area contributed by atoms with Crippen molar-refractivity contribution in [2.45, 2.75) is 103 Å². The summed E-state index contributed by atoms with van der Waals surface area (Å²) in [7, 11) is 0. The lowest BCUT2D eigenvalue weighted by Crippen LogP contribution is -2.40. The van der Waals surface area contributed by atoms with Gasteiger partial charge in [-0.25, -0.2) is 0 Å². The third-order valence-electron chi connectivity index (χ3n) is 6.41. The Kier molecular flexibility index (Phi) is 8.63. The van der Waals surface area contributed by atoms with E-state index in [0.29, 0.717) is 5.92 Å². The molecule has 1 aromatic rings. The van der Waals surface area contributed by atoms with Gasteiger partial charge in [-0.05, 0) is 60.6 Å². The van der Waals surface area contributed by atoms with Crippen LogP contribution in [0.25, 0.3) is 0 Å². The minimum atomic E-state index is -0.359. The molecule has 1 saturated carbocycles.